The zero-order chi connectivity index (χ0) is 28.8. The number of hydrogen-bond donors (Lipinski definition) is 0. The minimum absolute atomic E-state index is 0.160. The van der Waals surface area contributed by atoms with E-state index in [0.29, 0.717) is 0 Å². The second-order valence-electron chi connectivity index (χ2n) is 10.4. The molecule has 2 aromatic heterocycles. The molecule has 216 valence electrons. The summed E-state index contributed by atoms with van der Waals surface area (Å²) in [5, 5.41) is 0. The van der Waals surface area contributed by atoms with Crippen molar-refractivity contribution in [1.29, 1.82) is 0 Å². The summed E-state index contributed by atoms with van der Waals surface area (Å²) in [6.07, 6.45) is 13.6. The van der Waals surface area contributed by atoms with Gasteiger partial charge in [0.25, 0.3) is 0 Å². The van der Waals surface area contributed by atoms with Crippen molar-refractivity contribution in [1.82, 2.24) is 9.97 Å². The molecule has 40 heavy (non-hydrogen) atoms. The Morgan fingerprint density at radius 3 is 1.48 bits per heavy atom. The molecule has 0 N–H and O–H groups in total. The van der Waals surface area contributed by atoms with E-state index >= 15 is 0 Å². The zero-order valence-electron chi connectivity index (χ0n) is 23.9. The van der Waals surface area contributed by atoms with Crippen molar-refractivity contribution >= 4 is 60.0 Å². The molecule has 0 aliphatic carbocycles. The third kappa shape index (κ3) is 10.9. The van der Waals surface area contributed by atoms with Gasteiger partial charge in [-0.1, -0.05) is 12.1 Å². The molecule has 8 heteroatoms. The maximum atomic E-state index is 13.1. The van der Waals surface area contributed by atoms with Crippen molar-refractivity contribution in [3.05, 3.63) is 97.4 Å². The first kappa shape index (κ1) is 33.3. The molecule has 2 nitrogen and oxygen atoms in total. The van der Waals surface area contributed by atoms with Crippen molar-refractivity contribution in [2.45, 2.75) is 85.4 Å². The second kappa shape index (κ2) is 17.7. The first-order chi connectivity index (χ1) is 19.4. The maximum Gasteiger partial charge on any atom is 0.159 e. The van der Waals surface area contributed by atoms with Crippen LogP contribution in [0.25, 0.3) is 0 Å². The quantitative estimate of drug-likeness (QED) is 0.120. The number of aromatic nitrogens is 2. The van der Waals surface area contributed by atoms with Gasteiger partial charge in [0.2, 0.25) is 0 Å². The average Bonchev–Trinajstić information content (AvgIpc) is 3.60. The molecule has 0 aliphatic heterocycles. The first-order valence-electron chi connectivity index (χ1n) is 14.4. The summed E-state index contributed by atoms with van der Waals surface area (Å²) in [7, 11) is 0. The molecule has 4 rings (SSSR count). The fraction of sp³-hybridized carbons (Fsp3) is 0.438. The summed E-state index contributed by atoms with van der Waals surface area (Å²) in [6.45, 7) is 6.95. The van der Waals surface area contributed by atoms with Crippen LogP contribution >= 0.6 is 38.6 Å². The molecule has 0 unspecified atom stereocenters. The van der Waals surface area contributed by atoms with Crippen LogP contribution in [0.15, 0.2) is 64.8 Å². The standard InChI is InChI=1S/C10H7BrFNS.C10H7FNS.3C4H9.Sn/c11-10-13-6-9(14-10)5-7-1-3-8(12)4-2-7;11-9-3-1-8(2-4-9)5-10-6-12-7-13-10;3*1-3-4-2;/h1-4,6H,5H2;1-4,6H,5H2;3*1,3-4H2,2H3;. The van der Waals surface area contributed by atoms with Crippen LogP contribution in [0.3, 0.4) is 0 Å². The summed E-state index contributed by atoms with van der Waals surface area (Å²) in [5.74, 6) is -0.355. The number of hydrogen-bond acceptors (Lipinski definition) is 4. The van der Waals surface area contributed by atoms with Crippen LogP contribution in [0, 0.1) is 11.6 Å². The number of halogens is 3. The van der Waals surface area contributed by atoms with Crippen molar-refractivity contribution in [3.8, 4) is 0 Å². The fourth-order valence-corrected chi connectivity index (χ4v) is 25.9. The van der Waals surface area contributed by atoms with Gasteiger partial charge in [-0.15, -0.1) is 11.3 Å². The van der Waals surface area contributed by atoms with Gasteiger partial charge in [-0.3, -0.25) is 0 Å². The van der Waals surface area contributed by atoms with Gasteiger partial charge in [-0.05, 0) is 33.6 Å². The van der Waals surface area contributed by atoms with Gasteiger partial charge >= 0.3 is 168 Å². The number of unbranched alkanes of at least 4 members (excludes halogenated alkanes) is 3. The Morgan fingerprint density at radius 1 is 0.650 bits per heavy atom. The molecule has 4 aromatic rings. The van der Waals surface area contributed by atoms with E-state index < -0.39 is 18.4 Å². The van der Waals surface area contributed by atoms with Crippen LogP contribution in [0.5, 0.6) is 0 Å². The van der Waals surface area contributed by atoms with Gasteiger partial charge in [-0.25, -0.2) is 9.37 Å². The van der Waals surface area contributed by atoms with Crippen LogP contribution in [0.4, 0.5) is 8.78 Å². The predicted molar refractivity (Wildman–Crippen MR) is 175 cm³/mol. The average molecular weight is 754 g/mol. The zero-order valence-corrected chi connectivity index (χ0v) is 30.0. The van der Waals surface area contributed by atoms with Gasteiger partial charge in [0, 0.05) is 17.5 Å². The largest absolute Gasteiger partial charge is 0.237 e. The Hall–Kier alpha value is -1.16. The molecule has 0 aliphatic rings. The van der Waals surface area contributed by atoms with E-state index in [1.165, 1.54) is 79.3 Å². The number of thiazole rings is 2. The number of nitrogens with zero attached hydrogens (tertiary/aromatic N) is 2. The van der Waals surface area contributed by atoms with Crippen LogP contribution < -0.4 is 3.02 Å². The molecule has 0 atom stereocenters. The van der Waals surface area contributed by atoms with E-state index in [4.69, 9.17) is 4.98 Å². The molecular formula is C32H41BrF2N2S2Sn. The Bertz CT molecular complexity index is 1240. The monoisotopic (exact) mass is 754 g/mol. The summed E-state index contributed by atoms with van der Waals surface area (Å²) in [5.41, 5.74) is 2.28. The van der Waals surface area contributed by atoms with E-state index in [1.54, 1.807) is 38.6 Å². The van der Waals surface area contributed by atoms with Crippen LogP contribution in [-0.4, -0.2) is 28.3 Å². The minimum Gasteiger partial charge on any atom is -0.237 e. The third-order valence-electron chi connectivity index (χ3n) is 7.14. The first-order valence-corrected chi connectivity index (χ1v) is 24.3. The fourth-order valence-electron chi connectivity index (χ4n) is 4.85. The Kier molecular flexibility index (Phi) is 14.8. The predicted octanol–water partition coefficient (Wildman–Crippen LogP) is 10.6. The Morgan fingerprint density at radius 2 is 1.07 bits per heavy atom. The number of rotatable bonds is 14. The van der Waals surface area contributed by atoms with E-state index in [-0.39, 0.29) is 11.6 Å². The van der Waals surface area contributed by atoms with Gasteiger partial charge in [0.05, 0.1) is 0 Å². The number of benzene rings is 2. The van der Waals surface area contributed by atoms with Crippen molar-refractivity contribution in [3.63, 3.8) is 0 Å². The summed E-state index contributed by atoms with van der Waals surface area (Å²) < 4.78 is 32.6. The van der Waals surface area contributed by atoms with Gasteiger partial charge < -0.3 is 0 Å². The molecule has 0 spiro atoms. The molecule has 0 saturated carbocycles. The topological polar surface area (TPSA) is 25.8 Å². The van der Waals surface area contributed by atoms with Crippen LogP contribution in [-0.2, 0) is 12.8 Å². The van der Waals surface area contributed by atoms with Crippen molar-refractivity contribution < 1.29 is 8.78 Å². The molecule has 0 saturated heterocycles. The van der Waals surface area contributed by atoms with E-state index in [0.717, 1.165) is 22.3 Å². The molecule has 2 aromatic carbocycles. The summed E-state index contributed by atoms with van der Waals surface area (Å²) in [4.78, 5) is 11.6. The van der Waals surface area contributed by atoms with Crippen molar-refractivity contribution in [2.24, 2.45) is 0 Å². The Balaban J connectivity index is 0.000000263. The molecule has 0 bridgehead atoms. The SMILES string of the molecule is CCC[CH2][Sn]([CH2]CCC)([CH2]CCC)[c]1ncc(Cc2ccc(F)cc2)s1.Fc1ccc(Cc2cnc(Br)s2)cc1. The normalized spacial score (nSPS) is 11.3. The Labute approximate surface area is 259 Å². The molecule has 0 amide bonds. The van der Waals surface area contributed by atoms with E-state index in [1.807, 2.05) is 29.7 Å². The maximum absolute atomic E-state index is 13.1. The second-order valence-corrected chi connectivity index (χ2v) is 27.9. The van der Waals surface area contributed by atoms with Gasteiger partial charge in [0.15, 0.2) is 3.92 Å². The summed E-state index contributed by atoms with van der Waals surface area (Å²) in [6, 6.07) is 13.5. The van der Waals surface area contributed by atoms with Crippen LogP contribution in [0.2, 0.25) is 13.3 Å². The molecular weight excluding hydrogens is 713 g/mol. The molecule has 0 radical (unpaired) electrons. The van der Waals surface area contributed by atoms with E-state index in [9.17, 15) is 8.78 Å². The van der Waals surface area contributed by atoms with Gasteiger partial charge in [0.1, 0.15) is 5.82 Å². The molecule has 0 fully saturated rings. The smallest absolute Gasteiger partial charge is 0.159 e. The molecule has 2 heterocycles. The van der Waals surface area contributed by atoms with Gasteiger partial charge in [-0.2, -0.15) is 0 Å². The summed E-state index contributed by atoms with van der Waals surface area (Å²) >= 11 is 4.49. The minimum atomic E-state index is -2.39. The van der Waals surface area contributed by atoms with E-state index in [2.05, 4.69) is 47.9 Å². The third-order valence-corrected chi connectivity index (χ3v) is 27.4. The van der Waals surface area contributed by atoms with Crippen molar-refractivity contribution in [2.75, 3.05) is 0 Å². The van der Waals surface area contributed by atoms with Crippen LogP contribution in [0.1, 0.15) is 80.2 Å².